The van der Waals surface area contributed by atoms with Crippen molar-refractivity contribution in [3.8, 4) is 0 Å². The average Bonchev–Trinajstić information content (AvgIpc) is 2.31. The SMILES string of the molecule is FC(F)(F)c1cc(Nc2ccc(Cl)cc2I)nc(Cl)n1. The van der Waals surface area contributed by atoms with Gasteiger partial charge in [0.2, 0.25) is 5.28 Å². The Bertz CT molecular complexity index is 649. The van der Waals surface area contributed by atoms with Crippen molar-refractivity contribution in [3.05, 3.63) is 43.8 Å². The van der Waals surface area contributed by atoms with Gasteiger partial charge in [0.25, 0.3) is 0 Å². The molecule has 1 aromatic heterocycles. The summed E-state index contributed by atoms with van der Waals surface area (Å²) >= 11 is 13.3. The predicted octanol–water partition coefficient (Wildman–Crippen LogP) is 5.15. The molecule has 0 saturated carbocycles. The van der Waals surface area contributed by atoms with E-state index < -0.39 is 17.2 Å². The molecule has 0 radical (unpaired) electrons. The van der Waals surface area contributed by atoms with Crippen LogP contribution < -0.4 is 5.32 Å². The van der Waals surface area contributed by atoms with E-state index in [1.807, 2.05) is 22.6 Å². The van der Waals surface area contributed by atoms with E-state index in [4.69, 9.17) is 23.2 Å². The van der Waals surface area contributed by atoms with Gasteiger partial charge in [-0.3, -0.25) is 0 Å². The summed E-state index contributed by atoms with van der Waals surface area (Å²) in [6.45, 7) is 0. The molecule has 0 saturated heterocycles. The first kappa shape index (κ1) is 15.6. The van der Waals surface area contributed by atoms with E-state index in [0.29, 0.717) is 10.7 Å². The third kappa shape index (κ3) is 3.86. The minimum absolute atomic E-state index is 0.0439. The van der Waals surface area contributed by atoms with Crippen molar-refractivity contribution in [3.63, 3.8) is 0 Å². The standard InChI is InChI=1S/C11H5Cl2F3IN3/c12-5-1-2-7(6(17)3-5)18-9-4-8(11(14,15)16)19-10(13)20-9/h1-4H,(H,18,19,20). The molecule has 1 heterocycles. The highest BCUT2D eigenvalue weighted by Gasteiger charge is 2.33. The average molecular weight is 434 g/mol. The molecule has 106 valence electrons. The number of rotatable bonds is 2. The molecule has 0 atom stereocenters. The first-order valence-electron chi connectivity index (χ1n) is 5.09. The summed E-state index contributed by atoms with van der Waals surface area (Å²) in [7, 11) is 0. The van der Waals surface area contributed by atoms with Crippen LogP contribution in [0.1, 0.15) is 5.69 Å². The van der Waals surface area contributed by atoms with Gasteiger partial charge in [-0.1, -0.05) is 11.6 Å². The lowest BCUT2D eigenvalue weighted by Gasteiger charge is -2.11. The number of nitrogens with zero attached hydrogens (tertiary/aromatic N) is 2. The monoisotopic (exact) mass is 433 g/mol. The van der Waals surface area contributed by atoms with Crippen LogP contribution >= 0.6 is 45.8 Å². The van der Waals surface area contributed by atoms with Crippen LogP contribution in [0.5, 0.6) is 0 Å². The maximum absolute atomic E-state index is 12.6. The van der Waals surface area contributed by atoms with Crippen LogP contribution in [0.3, 0.4) is 0 Å². The third-order valence-electron chi connectivity index (χ3n) is 2.18. The summed E-state index contributed by atoms with van der Waals surface area (Å²) in [6, 6.07) is 5.70. The summed E-state index contributed by atoms with van der Waals surface area (Å²) in [5, 5.41) is 2.80. The molecule has 20 heavy (non-hydrogen) atoms. The van der Waals surface area contributed by atoms with Crippen LogP contribution in [0.2, 0.25) is 10.3 Å². The van der Waals surface area contributed by atoms with Crippen LogP contribution in [-0.2, 0) is 6.18 Å². The molecule has 9 heteroatoms. The molecular weight excluding hydrogens is 429 g/mol. The molecule has 1 aromatic carbocycles. The van der Waals surface area contributed by atoms with Gasteiger partial charge in [-0.05, 0) is 52.4 Å². The van der Waals surface area contributed by atoms with Crippen molar-refractivity contribution in [2.45, 2.75) is 6.18 Å². The van der Waals surface area contributed by atoms with E-state index in [-0.39, 0.29) is 5.82 Å². The number of hydrogen-bond donors (Lipinski definition) is 1. The van der Waals surface area contributed by atoms with Crippen LogP contribution in [0.15, 0.2) is 24.3 Å². The Hall–Kier alpha value is -0.800. The molecule has 1 N–H and O–H groups in total. The second-order valence-electron chi connectivity index (χ2n) is 3.65. The smallest absolute Gasteiger partial charge is 0.339 e. The fourth-order valence-corrected chi connectivity index (χ4v) is 2.54. The molecule has 0 spiro atoms. The molecule has 0 aliphatic rings. The number of anilines is 2. The first-order chi connectivity index (χ1) is 9.25. The maximum Gasteiger partial charge on any atom is 0.433 e. The first-order valence-corrected chi connectivity index (χ1v) is 6.93. The minimum atomic E-state index is -4.59. The summed E-state index contributed by atoms with van der Waals surface area (Å²) < 4.78 is 38.6. The Morgan fingerprint density at radius 1 is 1.10 bits per heavy atom. The zero-order valence-electron chi connectivity index (χ0n) is 9.47. The van der Waals surface area contributed by atoms with Crippen molar-refractivity contribution >= 4 is 57.3 Å². The fourth-order valence-electron chi connectivity index (χ4n) is 1.36. The molecule has 2 rings (SSSR count). The predicted molar refractivity (Wildman–Crippen MR) is 79.5 cm³/mol. The van der Waals surface area contributed by atoms with Gasteiger partial charge in [0.05, 0.1) is 5.69 Å². The van der Waals surface area contributed by atoms with E-state index in [1.54, 1.807) is 18.2 Å². The lowest BCUT2D eigenvalue weighted by atomic mass is 10.3. The number of aromatic nitrogens is 2. The molecule has 0 unspecified atom stereocenters. The highest BCUT2D eigenvalue weighted by molar-refractivity contribution is 14.1. The molecule has 0 aliphatic carbocycles. The minimum Gasteiger partial charge on any atom is -0.339 e. The van der Waals surface area contributed by atoms with Crippen molar-refractivity contribution < 1.29 is 13.2 Å². The summed E-state index contributed by atoms with van der Waals surface area (Å²) in [5.74, 6) is -0.0439. The van der Waals surface area contributed by atoms with Gasteiger partial charge < -0.3 is 5.32 Å². The van der Waals surface area contributed by atoms with Crippen LogP contribution in [0.25, 0.3) is 0 Å². The molecule has 3 nitrogen and oxygen atoms in total. The zero-order valence-corrected chi connectivity index (χ0v) is 13.1. The molecule has 0 bridgehead atoms. The van der Waals surface area contributed by atoms with Crippen molar-refractivity contribution in [2.24, 2.45) is 0 Å². The largest absolute Gasteiger partial charge is 0.433 e. The van der Waals surface area contributed by atoms with E-state index >= 15 is 0 Å². The second kappa shape index (κ2) is 5.90. The normalized spacial score (nSPS) is 11.5. The highest BCUT2D eigenvalue weighted by Crippen LogP contribution is 2.31. The Morgan fingerprint density at radius 3 is 2.40 bits per heavy atom. The van der Waals surface area contributed by atoms with Crippen LogP contribution in [0.4, 0.5) is 24.7 Å². The Balaban J connectivity index is 2.36. The second-order valence-corrected chi connectivity index (χ2v) is 5.59. The summed E-state index contributed by atoms with van der Waals surface area (Å²) in [5.41, 5.74) is -0.540. The van der Waals surface area contributed by atoms with Gasteiger partial charge in [-0.15, -0.1) is 0 Å². The maximum atomic E-state index is 12.6. The van der Waals surface area contributed by atoms with Gasteiger partial charge >= 0.3 is 6.18 Å². The van der Waals surface area contributed by atoms with Gasteiger partial charge in [-0.25, -0.2) is 9.97 Å². The van der Waals surface area contributed by atoms with Crippen molar-refractivity contribution in [1.82, 2.24) is 9.97 Å². The quantitative estimate of drug-likeness (QED) is 0.525. The molecule has 2 aromatic rings. The fraction of sp³-hybridized carbons (Fsp3) is 0.0909. The van der Waals surface area contributed by atoms with Crippen LogP contribution in [0, 0.1) is 3.57 Å². The number of hydrogen-bond acceptors (Lipinski definition) is 3. The number of nitrogens with one attached hydrogen (secondary N) is 1. The lowest BCUT2D eigenvalue weighted by Crippen LogP contribution is -2.10. The Labute approximate surface area is 135 Å². The lowest BCUT2D eigenvalue weighted by molar-refractivity contribution is -0.141. The molecule has 0 aliphatic heterocycles. The van der Waals surface area contributed by atoms with Gasteiger partial charge in [-0.2, -0.15) is 13.2 Å². The highest BCUT2D eigenvalue weighted by atomic mass is 127. The zero-order chi connectivity index (χ0) is 14.9. The van der Waals surface area contributed by atoms with Crippen molar-refractivity contribution in [2.75, 3.05) is 5.32 Å². The molecular formula is C11H5Cl2F3IN3. The third-order valence-corrected chi connectivity index (χ3v) is 3.48. The molecule has 0 fully saturated rings. The number of halogens is 6. The Kier molecular flexibility index (Phi) is 4.60. The van der Waals surface area contributed by atoms with Crippen LogP contribution in [-0.4, -0.2) is 9.97 Å². The Morgan fingerprint density at radius 2 is 1.80 bits per heavy atom. The van der Waals surface area contributed by atoms with E-state index in [1.165, 1.54) is 0 Å². The number of benzene rings is 1. The van der Waals surface area contributed by atoms with Crippen molar-refractivity contribution in [1.29, 1.82) is 0 Å². The summed E-state index contributed by atoms with van der Waals surface area (Å²) in [4.78, 5) is 6.86. The van der Waals surface area contributed by atoms with E-state index in [0.717, 1.165) is 9.64 Å². The topological polar surface area (TPSA) is 37.8 Å². The summed E-state index contributed by atoms with van der Waals surface area (Å²) in [6.07, 6.45) is -4.59. The molecule has 0 amide bonds. The van der Waals surface area contributed by atoms with Gasteiger partial charge in [0, 0.05) is 14.7 Å². The van der Waals surface area contributed by atoms with E-state index in [9.17, 15) is 13.2 Å². The van der Waals surface area contributed by atoms with Gasteiger partial charge in [0.15, 0.2) is 5.69 Å². The van der Waals surface area contributed by atoms with Gasteiger partial charge in [0.1, 0.15) is 5.82 Å². The number of alkyl halides is 3. The van der Waals surface area contributed by atoms with E-state index in [2.05, 4.69) is 15.3 Å².